The van der Waals surface area contributed by atoms with Crippen molar-refractivity contribution in [2.24, 2.45) is 5.92 Å². The first-order valence-electron chi connectivity index (χ1n) is 10.9. The Morgan fingerprint density at radius 1 is 1.10 bits per heavy atom. The first-order valence-corrected chi connectivity index (χ1v) is 10.9. The lowest BCUT2D eigenvalue weighted by Crippen LogP contribution is -2.42. The summed E-state index contributed by atoms with van der Waals surface area (Å²) in [7, 11) is 0. The van der Waals surface area contributed by atoms with E-state index in [1.54, 1.807) is 0 Å². The molecule has 0 aliphatic carbocycles. The molecule has 29 heavy (non-hydrogen) atoms. The van der Waals surface area contributed by atoms with Crippen molar-refractivity contribution in [1.82, 2.24) is 15.2 Å². The van der Waals surface area contributed by atoms with Gasteiger partial charge in [-0.3, -0.25) is 0 Å². The summed E-state index contributed by atoms with van der Waals surface area (Å²) in [5.41, 5.74) is 2.16. The van der Waals surface area contributed by atoms with Crippen LogP contribution in [0.4, 0.5) is 0 Å². The zero-order valence-corrected chi connectivity index (χ0v) is 17.5. The van der Waals surface area contributed by atoms with Crippen LogP contribution in [0.1, 0.15) is 26.7 Å². The number of hydrogen-bond donors (Lipinski definition) is 3. The minimum atomic E-state index is -0.522. The molecule has 1 aromatic heterocycles. The molecular weight excluding hydrogens is 362 g/mol. The number of piperidine rings is 1. The van der Waals surface area contributed by atoms with Gasteiger partial charge < -0.3 is 25.0 Å². The lowest BCUT2D eigenvalue weighted by atomic mass is 9.96. The van der Waals surface area contributed by atoms with Crippen molar-refractivity contribution < 1.29 is 9.84 Å². The molecule has 4 rings (SSSR count). The molecule has 2 heterocycles. The highest BCUT2D eigenvalue weighted by Crippen LogP contribution is 2.32. The lowest BCUT2D eigenvalue weighted by molar-refractivity contribution is 0.102. The zero-order valence-electron chi connectivity index (χ0n) is 17.5. The lowest BCUT2D eigenvalue weighted by Gasteiger charge is -2.34. The highest BCUT2D eigenvalue weighted by molar-refractivity contribution is 6.10. The molecule has 0 saturated carbocycles. The summed E-state index contributed by atoms with van der Waals surface area (Å²) in [5.74, 6) is 1.53. The van der Waals surface area contributed by atoms with Gasteiger partial charge in [0.05, 0.1) is 5.52 Å². The number of aromatic nitrogens is 1. The standard InChI is InChI=1S/C24H33N3O2/c1-17(2)27-12-10-18(11-13-27)14-25-15-19(28)16-29-23-9-5-8-22-24(23)20-6-3-4-7-21(20)26-22/h3-9,17-19,25-26,28H,10-16H2,1-2H3/t19-/m1/s1. The average molecular weight is 396 g/mol. The van der Waals surface area contributed by atoms with E-state index in [1.807, 2.05) is 24.3 Å². The number of ether oxygens (including phenoxy) is 1. The molecule has 156 valence electrons. The van der Waals surface area contributed by atoms with Crippen molar-refractivity contribution in [1.29, 1.82) is 0 Å². The molecule has 5 nitrogen and oxygen atoms in total. The van der Waals surface area contributed by atoms with Gasteiger partial charge in [0.25, 0.3) is 0 Å². The van der Waals surface area contributed by atoms with E-state index in [2.05, 4.69) is 47.2 Å². The van der Waals surface area contributed by atoms with Crippen LogP contribution < -0.4 is 10.1 Å². The number of aliphatic hydroxyl groups is 1. The number of para-hydroxylation sites is 1. The van der Waals surface area contributed by atoms with Crippen molar-refractivity contribution in [3.05, 3.63) is 42.5 Å². The Labute approximate surface area is 173 Å². The quantitative estimate of drug-likeness (QED) is 0.543. The number of benzene rings is 2. The van der Waals surface area contributed by atoms with Crippen LogP contribution in [-0.4, -0.2) is 59.9 Å². The van der Waals surface area contributed by atoms with Gasteiger partial charge in [0.2, 0.25) is 0 Å². The van der Waals surface area contributed by atoms with Crippen molar-refractivity contribution in [3.8, 4) is 5.75 Å². The molecule has 1 aliphatic rings. The smallest absolute Gasteiger partial charge is 0.129 e. The maximum atomic E-state index is 10.4. The fraction of sp³-hybridized carbons (Fsp3) is 0.500. The number of aliphatic hydroxyl groups excluding tert-OH is 1. The first kappa shape index (κ1) is 20.2. The summed E-state index contributed by atoms with van der Waals surface area (Å²) < 4.78 is 6.01. The molecule has 5 heteroatoms. The zero-order chi connectivity index (χ0) is 20.2. The average Bonchev–Trinajstić information content (AvgIpc) is 3.12. The van der Waals surface area contributed by atoms with Crippen molar-refractivity contribution in [2.45, 2.75) is 38.8 Å². The predicted octanol–water partition coefficient (Wildman–Crippen LogP) is 3.77. The molecule has 1 atom stereocenters. The van der Waals surface area contributed by atoms with E-state index in [1.165, 1.54) is 25.9 Å². The molecule has 1 fully saturated rings. The van der Waals surface area contributed by atoms with Gasteiger partial charge in [0, 0.05) is 28.9 Å². The van der Waals surface area contributed by atoms with Crippen LogP contribution >= 0.6 is 0 Å². The topological polar surface area (TPSA) is 60.5 Å². The van der Waals surface area contributed by atoms with Crippen molar-refractivity contribution >= 4 is 21.8 Å². The molecule has 0 radical (unpaired) electrons. The second kappa shape index (κ2) is 9.16. The van der Waals surface area contributed by atoms with Crippen LogP contribution in [-0.2, 0) is 0 Å². The van der Waals surface area contributed by atoms with Gasteiger partial charge in [-0.15, -0.1) is 0 Å². The summed E-state index contributed by atoms with van der Waals surface area (Å²) >= 11 is 0. The van der Waals surface area contributed by atoms with E-state index in [4.69, 9.17) is 4.74 Å². The molecule has 2 aromatic carbocycles. The normalized spacial score (nSPS) is 17.4. The van der Waals surface area contributed by atoms with Gasteiger partial charge in [-0.1, -0.05) is 24.3 Å². The van der Waals surface area contributed by atoms with E-state index in [0.29, 0.717) is 18.5 Å². The van der Waals surface area contributed by atoms with Crippen LogP contribution in [0, 0.1) is 5.92 Å². The highest BCUT2D eigenvalue weighted by atomic mass is 16.5. The number of aromatic amines is 1. The first-order chi connectivity index (χ1) is 14.1. The molecule has 3 aromatic rings. The van der Waals surface area contributed by atoms with Crippen LogP contribution in [0.2, 0.25) is 0 Å². The molecule has 1 saturated heterocycles. The third-order valence-corrected chi connectivity index (χ3v) is 6.12. The largest absolute Gasteiger partial charge is 0.490 e. The predicted molar refractivity (Wildman–Crippen MR) is 120 cm³/mol. The van der Waals surface area contributed by atoms with E-state index in [0.717, 1.165) is 34.1 Å². The second-order valence-corrected chi connectivity index (χ2v) is 8.55. The van der Waals surface area contributed by atoms with E-state index in [9.17, 15) is 5.11 Å². The van der Waals surface area contributed by atoms with Crippen LogP contribution in [0.3, 0.4) is 0 Å². The number of hydrogen-bond acceptors (Lipinski definition) is 4. The number of H-pyrrole nitrogens is 1. The number of fused-ring (bicyclic) bond motifs is 3. The fourth-order valence-electron chi connectivity index (χ4n) is 4.36. The Hall–Kier alpha value is -2.08. The van der Waals surface area contributed by atoms with Gasteiger partial charge in [-0.25, -0.2) is 0 Å². The Kier molecular flexibility index (Phi) is 6.38. The van der Waals surface area contributed by atoms with Gasteiger partial charge in [-0.05, 0) is 70.4 Å². The van der Waals surface area contributed by atoms with Gasteiger partial charge in [-0.2, -0.15) is 0 Å². The van der Waals surface area contributed by atoms with Crippen molar-refractivity contribution in [2.75, 3.05) is 32.8 Å². The number of likely N-dealkylation sites (tertiary alicyclic amines) is 1. The summed E-state index contributed by atoms with van der Waals surface area (Å²) in [6, 6.07) is 14.9. The Bertz CT molecular complexity index is 928. The van der Waals surface area contributed by atoms with Gasteiger partial charge in [0.15, 0.2) is 0 Å². The molecule has 3 N–H and O–H groups in total. The van der Waals surface area contributed by atoms with Crippen LogP contribution in [0.15, 0.2) is 42.5 Å². The van der Waals surface area contributed by atoms with Crippen LogP contribution in [0.5, 0.6) is 5.75 Å². The van der Waals surface area contributed by atoms with E-state index < -0.39 is 6.10 Å². The second-order valence-electron chi connectivity index (χ2n) is 8.55. The third kappa shape index (κ3) is 4.74. The van der Waals surface area contributed by atoms with E-state index >= 15 is 0 Å². The molecule has 1 aliphatic heterocycles. The monoisotopic (exact) mass is 395 g/mol. The molecule has 0 spiro atoms. The Balaban J connectivity index is 1.27. The number of nitrogens with zero attached hydrogens (tertiary/aromatic N) is 1. The maximum absolute atomic E-state index is 10.4. The minimum absolute atomic E-state index is 0.289. The van der Waals surface area contributed by atoms with E-state index in [-0.39, 0.29) is 6.61 Å². The molecule has 0 amide bonds. The minimum Gasteiger partial charge on any atom is -0.490 e. The summed E-state index contributed by atoms with van der Waals surface area (Å²) in [5, 5.41) is 16.1. The summed E-state index contributed by atoms with van der Waals surface area (Å²) in [4.78, 5) is 5.97. The summed E-state index contributed by atoms with van der Waals surface area (Å²) in [6.45, 7) is 8.73. The van der Waals surface area contributed by atoms with Gasteiger partial charge in [0.1, 0.15) is 18.5 Å². The highest BCUT2D eigenvalue weighted by Gasteiger charge is 2.20. The SMILES string of the molecule is CC(C)N1CCC(CNC[C@@H](O)COc2cccc3[nH]c4ccccc4c23)CC1. The third-order valence-electron chi connectivity index (χ3n) is 6.12. The summed E-state index contributed by atoms with van der Waals surface area (Å²) in [6.07, 6.45) is 1.95. The maximum Gasteiger partial charge on any atom is 0.129 e. The fourth-order valence-corrected chi connectivity index (χ4v) is 4.36. The van der Waals surface area contributed by atoms with Crippen LogP contribution in [0.25, 0.3) is 21.8 Å². The molecule has 0 unspecified atom stereocenters. The Morgan fingerprint density at radius 3 is 2.66 bits per heavy atom. The molecular formula is C24H33N3O2. The number of nitrogens with one attached hydrogen (secondary N) is 2. The Morgan fingerprint density at radius 2 is 1.86 bits per heavy atom. The molecule has 0 bridgehead atoms. The van der Waals surface area contributed by atoms with Gasteiger partial charge >= 0.3 is 0 Å². The van der Waals surface area contributed by atoms with Crippen molar-refractivity contribution in [3.63, 3.8) is 0 Å². The number of rotatable bonds is 8.